The molecule has 0 saturated heterocycles. The summed E-state index contributed by atoms with van der Waals surface area (Å²) in [4.78, 5) is 18.6. The Bertz CT molecular complexity index is 368. The maximum Gasteiger partial charge on any atom is 0.461 e. The average molecular weight is 216 g/mol. The number of hydrogen-bond donors (Lipinski definition) is 0. The first-order valence-electron chi connectivity index (χ1n) is 3.44. The van der Waals surface area contributed by atoms with Crippen LogP contribution in [0, 0.1) is 26.4 Å². The fourth-order valence-corrected chi connectivity index (χ4v) is 1.13. The van der Waals surface area contributed by atoms with E-state index in [2.05, 4.69) is 0 Å². The standard InChI is InChI=1S/C7H4ClN2O4/c8-6-4-2-1-3-5(6)7(9(11)12)10(13)14/h1-4H/q-1. The number of benzene rings is 1. The Labute approximate surface area is 83.4 Å². The zero-order valence-corrected chi connectivity index (χ0v) is 7.47. The molecule has 0 aliphatic heterocycles. The largest absolute Gasteiger partial charge is 0.461 e. The molecule has 0 fully saturated rings. The van der Waals surface area contributed by atoms with Crippen molar-refractivity contribution in [3.63, 3.8) is 0 Å². The molecule has 1 aromatic carbocycles. The number of hydrogen-bond acceptors (Lipinski definition) is 4. The Morgan fingerprint density at radius 1 is 1.14 bits per heavy atom. The molecule has 1 rings (SSSR count). The summed E-state index contributed by atoms with van der Waals surface area (Å²) >= 11 is 5.58. The molecule has 0 radical (unpaired) electrons. The fourth-order valence-electron chi connectivity index (χ4n) is 0.906. The lowest BCUT2D eigenvalue weighted by atomic mass is 10.2. The van der Waals surface area contributed by atoms with Crippen molar-refractivity contribution in [1.82, 2.24) is 0 Å². The van der Waals surface area contributed by atoms with Gasteiger partial charge in [-0.15, -0.1) is 18.2 Å². The second-order valence-corrected chi connectivity index (χ2v) is 2.72. The first-order valence-corrected chi connectivity index (χ1v) is 3.82. The van der Waals surface area contributed by atoms with E-state index in [4.69, 9.17) is 11.6 Å². The van der Waals surface area contributed by atoms with E-state index in [0.717, 1.165) is 0 Å². The predicted molar refractivity (Wildman–Crippen MR) is 47.8 cm³/mol. The Morgan fingerprint density at radius 3 is 2.07 bits per heavy atom. The van der Waals surface area contributed by atoms with Crippen LogP contribution >= 0.6 is 11.6 Å². The van der Waals surface area contributed by atoms with Crippen molar-refractivity contribution >= 4 is 11.6 Å². The highest BCUT2D eigenvalue weighted by Crippen LogP contribution is 2.24. The average Bonchev–Trinajstić information content (AvgIpc) is 2.07. The summed E-state index contributed by atoms with van der Waals surface area (Å²) in [5, 5.41) is 20.7. The molecule has 0 bridgehead atoms. The number of rotatable bonds is 3. The molecule has 0 spiro atoms. The van der Waals surface area contributed by atoms with Crippen LogP contribution in [0.5, 0.6) is 0 Å². The Balaban J connectivity index is 3.18. The molecule has 0 amide bonds. The van der Waals surface area contributed by atoms with Gasteiger partial charge in [-0.2, -0.15) is 11.6 Å². The van der Waals surface area contributed by atoms with Gasteiger partial charge in [0.1, 0.15) is 0 Å². The van der Waals surface area contributed by atoms with Gasteiger partial charge in [-0.25, -0.2) is 0 Å². The van der Waals surface area contributed by atoms with Crippen LogP contribution in [0.25, 0.3) is 0 Å². The van der Waals surface area contributed by atoms with Crippen LogP contribution in [0.1, 0.15) is 5.56 Å². The smallest absolute Gasteiger partial charge is 0.265 e. The summed E-state index contributed by atoms with van der Waals surface area (Å²) in [7, 11) is 0. The lowest BCUT2D eigenvalue weighted by molar-refractivity contribution is -0.660. The van der Waals surface area contributed by atoms with E-state index in [1.165, 1.54) is 24.3 Å². The van der Waals surface area contributed by atoms with Crippen LogP contribution in [0.15, 0.2) is 24.3 Å². The van der Waals surface area contributed by atoms with E-state index in [-0.39, 0.29) is 10.6 Å². The van der Waals surface area contributed by atoms with Crippen molar-refractivity contribution in [2.45, 2.75) is 0 Å². The monoisotopic (exact) mass is 215 g/mol. The van der Waals surface area contributed by atoms with E-state index >= 15 is 0 Å². The van der Waals surface area contributed by atoms with E-state index in [1.807, 2.05) is 0 Å². The molecular formula is C7H4ClN2O4-. The van der Waals surface area contributed by atoms with Gasteiger partial charge < -0.3 is 0 Å². The zero-order valence-electron chi connectivity index (χ0n) is 6.71. The van der Waals surface area contributed by atoms with E-state index in [1.54, 1.807) is 0 Å². The maximum atomic E-state index is 10.4. The summed E-state index contributed by atoms with van der Waals surface area (Å²) in [6.45, 7) is 0. The summed E-state index contributed by atoms with van der Waals surface area (Å²) in [6, 6.07) is 5.55. The summed E-state index contributed by atoms with van der Waals surface area (Å²) in [6.07, 6.45) is -1.12. The molecule has 0 atom stereocenters. The number of halogens is 1. The summed E-state index contributed by atoms with van der Waals surface area (Å²) in [5.41, 5.74) is -0.191. The van der Waals surface area contributed by atoms with Gasteiger partial charge in [0.25, 0.3) is 0 Å². The third kappa shape index (κ3) is 1.91. The van der Waals surface area contributed by atoms with Gasteiger partial charge >= 0.3 is 6.17 Å². The first kappa shape index (κ1) is 10.3. The van der Waals surface area contributed by atoms with Crippen molar-refractivity contribution in [1.29, 1.82) is 0 Å². The minimum atomic E-state index is -1.12. The minimum Gasteiger partial charge on any atom is -0.265 e. The molecule has 0 N–H and O–H groups in total. The van der Waals surface area contributed by atoms with E-state index < -0.39 is 16.0 Å². The zero-order chi connectivity index (χ0) is 10.7. The molecule has 1 aromatic rings. The van der Waals surface area contributed by atoms with Gasteiger partial charge in [0.05, 0.1) is 9.85 Å². The first-order chi connectivity index (χ1) is 6.54. The van der Waals surface area contributed by atoms with E-state index in [9.17, 15) is 20.2 Å². The summed E-state index contributed by atoms with van der Waals surface area (Å²) in [5.74, 6) is 0. The molecule has 74 valence electrons. The maximum absolute atomic E-state index is 10.4. The predicted octanol–water partition coefficient (Wildman–Crippen LogP) is 1.73. The third-order valence-electron chi connectivity index (χ3n) is 1.46. The Morgan fingerprint density at radius 2 is 1.64 bits per heavy atom. The quantitative estimate of drug-likeness (QED) is 0.436. The molecule has 0 unspecified atom stereocenters. The van der Waals surface area contributed by atoms with Gasteiger partial charge in [-0.3, -0.25) is 20.2 Å². The second-order valence-electron chi connectivity index (χ2n) is 2.32. The van der Waals surface area contributed by atoms with Crippen molar-refractivity contribution in [2.24, 2.45) is 0 Å². The number of nitro groups is 2. The van der Waals surface area contributed by atoms with Crippen molar-refractivity contribution < 1.29 is 9.85 Å². The highest BCUT2D eigenvalue weighted by Gasteiger charge is 2.31. The van der Waals surface area contributed by atoms with Crippen LogP contribution in [-0.4, -0.2) is 9.85 Å². The topological polar surface area (TPSA) is 86.3 Å². The second kappa shape index (κ2) is 3.93. The molecule has 0 aromatic heterocycles. The molecule has 14 heavy (non-hydrogen) atoms. The van der Waals surface area contributed by atoms with Crippen LogP contribution in [0.4, 0.5) is 0 Å². The normalized spacial score (nSPS) is 9.50. The van der Waals surface area contributed by atoms with Gasteiger partial charge in [0, 0.05) is 0 Å². The molecular weight excluding hydrogens is 212 g/mol. The molecule has 6 nitrogen and oxygen atoms in total. The van der Waals surface area contributed by atoms with Crippen LogP contribution < -0.4 is 0 Å². The lowest BCUT2D eigenvalue weighted by Crippen LogP contribution is -2.20. The molecule has 7 heteroatoms. The fraction of sp³-hybridized carbons (Fsp3) is 0. The molecule has 0 aliphatic rings. The third-order valence-corrected chi connectivity index (χ3v) is 1.79. The Hall–Kier alpha value is -1.82. The highest BCUT2D eigenvalue weighted by atomic mass is 35.5. The lowest BCUT2D eigenvalue weighted by Gasteiger charge is -2.09. The summed E-state index contributed by atoms with van der Waals surface area (Å²) < 4.78 is 0. The minimum absolute atomic E-state index is 0.0177. The SMILES string of the molecule is O=[N+]([O-])[C-](c1ccccc1Cl)[N+](=O)[O-]. The molecule has 0 heterocycles. The van der Waals surface area contributed by atoms with Crippen molar-refractivity contribution in [3.8, 4) is 0 Å². The van der Waals surface area contributed by atoms with Gasteiger partial charge in [0.15, 0.2) is 0 Å². The van der Waals surface area contributed by atoms with Crippen molar-refractivity contribution in [2.75, 3.05) is 0 Å². The van der Waals surface area contributed by atoms with Gasteiger partial charge in [-0.05, 0) is 10.6 Å². The van der Waals surface area contributed by atoms with Crippen molar-refractivity contribution in [3.05, 3.63) is 61.2 Å². The number of nitrogens with zero attached hydrogens (tertiary/aromatic N) is 2. The molecule has 0 saturated carbocycles. The van der Waals surface area contributed by atoms with Crippen LogP contribution in [0.2, 0.25) is 5.02 Å². The Kier molecular flexibility index (Phi) is 2.88. The van der Waals surface area contributed by atoms with E-state index in [0.29, 0.717) is 0 Å². The van der Waals surface area contributed by atoms with Crippen LogP contribution in [-0.2, 0) is 0 Å². The van der Waals surface area contributed by atoms with Gasteiger partial charge in [-0.1, -0.05) is 6.07 Å². The molecule has 0 aliphatic carbocycles. The van der Waals surface area contributed by atoms with Gasteiger partial charge in [0.2, 0.25) is 0 Å². The van der Waals surface area contributed by atoms with Crippen LogP contribution in [0.3, 0.4) is 0 Å². The highest BCUT2D eigenvalue weighted by molar-refractivity contribution is 6.31.